The van der Waals surface area contributed by atoms with Crippen molar-refractivity contribution in [2.75, 3.05) is 9.80 Å². The van der Waals surface area contributed by atoms with Crippen LogP contribution in [-0.4, -0.2) is 6.71 Å². The van der Waals surface area contributed by atoms with Crippen molar-refractivity contribution in [2.24, 2.45) is 0 Å². The van der Waals surface area contributed by atoms with E-state index in [1.165, 1.54) is 60.9 Å². The van der Waals surface area contributed by atoms with E-state index in [1.807, 2.05) is 0 Å². The number of fused-ring (bicyclic) bond motifs is 4. The SMILES string of the molecule is CC(C)(C)c1ccc(-c2cc3c4c(c2)N(c2c(-c5ccccc5)cccc2-c2ccccc2)c2cc(-c5ccccc5)ccc2B4c2cc(-c4ccccc4)ccc2N3c2c(-c3ccccc3)cccc2-c2ccccc2)c(C(C)(C)C)c1. The fraction of sp³-hybridized carbons (Fsp3) is 0.100. The molecule has 12 aromatic carbocycles. The molecule has 0 spiro atoms. The van der Waals surface area contributed by atoms with Crippen LogP contribution < -0.4 is 26.2 Å². The molecule has 2 nitrogen and oxygen atoms in total. The van der Waals surface area contributed by atoms with Gasteiger partial charge < -0.3 is 9.80 Å². The van der Waals surface area contributed by atoms with Crippen LogP contribution in [0.3, 0.4) is 0 Å². The Kier molecular flexibility index (Phi) is 12.8. The molecule has 12 aromatic rings. The Balaban J connectivity index is 1.19. The molecule has 398 valence electrons. The summed E-state index contributed by atoms with van der Waals surface area (Å²) in [7, 11) is 0. The second-order valence-corrected chi connectivity index (χ2v) is 24.4. The summed E-state index contributed by atoms with van der Waals surface area (Å²) in [6.45, 7) is 14.0. The molecule has 0 bridgehead atoms. The average molecular weight is 1070 g/mol. The lowest BCUT2D eigenvalue weighted by atomic mass is 9.33. The molecule has 0 unspecified atom stereocenters. The van der Waals surface area contributed by atoms with E-state index in [4.69, 9.17) is 0 Å². The van der Waals surface area contributed by atoms with Crippen molar-refractivity contribution in [1.82, 2.24) is 0 Å². The van der Waals surface area contributed by atoms with Crippen LogP contribution in [0.2, 0.25) is 0 Å². The van der Waals surface area contributed by atoms with Crippen molar-refractivity contribution >= 4 is 57.2 Å². The lowest BCUT2D eigenvalue weighted by molar-refractivity contribution is 0.570. The molecule has 2 heterocycles. The molecule has 0 amide bonds. The van der Waals surface area contributed by atoms with Crippen molar-refractivity contribution in [2.45, 2.75) is 52.4 Å². The Morgan fingerprint density at radius 1 is 0.253 bits per heavy atom. The highest BCUT2D eigenvalue weighted by atomic mass is 15.2. The van der Waals surface area contributed by atoms with Gasteiger partial charge in [-0.1, -0.05) is 302 Å². The summed E-state index contributed by atoms with van der Waals surface area (Å²) < 4.78 is 0. The van der Waals surface area contributed by atoms with Crippen molar-refractivity contribution in [3.63, 3.8) is 0 Å². The first kappa shape index (κ1) is 51.5. The van der Waals surface area contributed by atoms with Crippen LogP contribution in [0.4, 0.5) is 34.1 Å². The van der Waals surface area contributed by atoms with Crippen molar-refractivity contribution < 1.29 is 0 Å². The van der Waals surface area contributed by atoms with Crippen molar-refractivity contribution in [3.05, 3.63) is 296 Å². The molecular weight excluding hydrogens is 1000 g/mol. The third-order valence-corrected chi connectivity index (χ3v) is 17.1. The molecule has 0 radical (unpaired) electrons. The second-order valence-electron chi connectivity index (χ2n) is 24.4. The first-order valence-corrected chi connectivity index (χ1v) is 29.3. The van der Waals surface area contributed by atoms with Gasteiger partial charge in [0, 0.05) is 45.0 Å². The maximum absolute atomic E-state index is 2.68. The Labute approximate surface area is 490 Å². The maximum atomic E-state index is 2.68. The number of nitrogens with zero attached hydrogens (tertiary/aromatic N) is 2. The van der Waals surface area contributed by atoms with Crippen LogP contribution in [0.1, 0.15) is 52.7 Å². The van der Waals surface area contributed by atoms with Crippen molar-refractivity contribution in [3.8, 4) is 77.9 Å². The van der Waals surface area contributed by atoms with Gasteiger partial charge in [-0.05, 0) is 118 Å². The third-order valence-electron chi connectivity index (χ3n) is 17.1. The van der Waals surface area contributed by atoms with Crippen LogP contribution in [0.15, 0.2) is 285 Å². The monoisotopic (exact) mass is 1060 g/mol. The summed E-state index contributed by atoms with van der Waals surface area (Å²) in [6.07, 6.45) is 0. The van der Waals surface area contributed by atoms with E-state index in [1.54, 1.807) is 0 Å². The van der Waals surface area contributed by atoms with Crippen LogP contribution in [0.25, 0.3) is 77.9 Å². The molecular formula is C80H65BN2. The van der Waals surface area contributed by atoms with E-state index in [-0.39, 0.29) is 17.5 Å². The van der Waals surface area contributed by atoms with Gasteiger partial charge in [-0.3, -0.25) is 0 Å². The molecule has 83 heavy (non-hydrogen) atoms. The van der Waals surface area contributed by atoms with Gasteiger partial charge in [0.25, 0.3) is 6.71 Å². The molecule has 2 aliphatic rings. The minimum absolute atomic E-state index is 0.0480. The lowest BCUT2D eigenvalue weighted by Crippen LogP contribution is -2.61. The van der Waals surface area contributed by atoms with Crippen LogP contribution in [0, 0.1) is 0 Å². The Morgan fingerprint density at radius 2 is 0.639 bits per heavy atom. The number of rotatable bonds is 9. The lowest BCUT2D eigenvalue weighted by Gasteiger charge is -2.46. The minimum atomic E-state index is -0.190. The Morgan fingerprint density at radius 3 is 1.06 bits per heavy atom. The average Bonchev–Trinajstić information content (AvgIpc) is 1.40. The molecule has 0 saturated carbocycles. The first-order valence-electron chi connectivity index (χ1n) is 29.3. The van der Waals surface area contributed by atoms with E-state index in [0.717, 1.165) is 78.6 Å². The first-order chi connectivity index (χ1) is 40.5. The Hall–Kier alpha value is -9.70. The van der Waals surface area contributed by atoms with Crippen LogP contribution >= 0.6 is 0 Å². The van der Waals surface area contributed by atoms with Gasteiger partial charge >= 0.3 is 0 Å². The van der Waals surface area contributed by atoms with Gasteiger partial charge in [0.1, 0.15) is 0 Å². The second kappa shape index (κ2) is 20.7. The van der Waals surface area contributed by atoms with Gasteiger partial charge in [0.15, 0.2) is 0 Å². The zero-order chi connectivity index (χ0) is 56.4. The van der Waals surface area contributed by atoms with Gasteiger partial charge in [0.05, 0.1) is 11.4 Å². The summed E-state index contributed by atoms with van der Waals surface area (Å²) >= 11 is 0. The summed E-state index contributed by atoms with van der Waals surface area (Å²) in [5.41, 5.74) is 29.5. The van der Waals surface area contributed by atoms with Gasteiger partial charge in [-0.2, -0.15) is 0 Å². The predicted octanol–water partition coefficient (Wildman–Crippen LogP) is 20.0. The van der Waals surface area contributed by atoms with Crippen molar-refractivity contribution in [1.29, 1.82) is 0 Å². The molecule has 2 aliphatic heterocycles. The molecule has 0 aromatic heterocycles. The number of hydrogen-bond acceptors (Lipinski definition) is 2. The molecule has 0 aliphatic carbocycles. The maximum Gasteiger partial charge on any atom is 0.252 e. The zero-order valence-corrected chi connectivity index (χ0v) is 48.1. The van der Waals surface area contributed by atoms with Gasteiger partial charge in [-0.15, -0.1) is 0 Å². The minimum Gasteiger partial charge on any atom is -0.310 e. The Bertz CT molecular complexity index is 4250. The molecule has 0 atom stereocenters. The van der Waals surface area contributed by atoms with E-state index in [2.05, 4.69) is 336 Å². The highest BCUT2D eigenvalue weighted by Crippen LogP contribution is 2.54. The molecule has 3 heteroatoms. The van der Waals surface area contributed by atoms with E-state index >= 15 is 0 Å². The molecule has 0 N–H and O–H groups in total. The van der Waals surface area contributed by atoms with E-state index in [9.17, 15) is 0 Å². The summed E-state index contributed by atoms with van der Waals surface area (Å²) in [6, 6.07) is 107. The van der Waals surface area contributed by atoms with Crippen LogP contribution in [0.5, 0.6) is 0 Å². The standard InChI is InChI=1S/C80H65BN2/c1-79(2,3)63-45-46-64(69(53-63)80(4,5)6)62-51-74-76-75(52-62)83(78-67(58-35-21-11-22-36-58)41-26-42-68(78)59-37-23-12-24-38-59)73-50-61(55-29-15-8-16-30-55)43-47-70(73)81(76)71-49-60(54-27-13-7-14-28-54)44-48-72(71)82(74)77-65(56-31-17-9-18-32-56)39-25-40-66(77)57-33-19-10-20-34-57/h7-53H,1-6H3. The van der Waals surface area contributed by atoms with Gasteiger partial charge in [-0.25, -0.2) is 0 Å². The number of anilines is 6. The van der Waals surface area contributed by atoms with Crippen LogP contribution in [-0.2, 0) is 10.8 Å². The van der Waals surface area contributed by atoms with E-state index in [0.29, 0.717) is 0 Å². The summed E-state index contributed by atoms with van der Waals surface area (Å²) in [4.78, 5) is 5.34. The zero-order valence-electron chi connectivity index (χ0n) is 48.1. The van der Waals surface area contributed by atoms with E-state index < -0.39 is 0 Å². The molecule has 0 saturated heterocycles. The smallest absolute Gasteiger partial charge is 0.252 e. The third kappa shape index (κ3) is 9.18. The quantitative estimate of drug-likeness (QED) is 0.133. The number of hydrogen-bond donors (Lipinski definition) is 0. The molecule has 14 rings (SSSR count). The highest BCUT2D eigenvalue weighted by Gasteiger charge is 2.46. The normalized spacial score (nSPS) is 12.6. The summed E-state index contributed by atoms with van der Waals surface area (Å²) in [5, 5.41) is 0. The topological polar surface area (TPSA) is 6.48 Å². The van der Waals surface area contributed by atoms with Gasteiger partial charge in [0.2, 0.25) is 0 Å². The number of benzene rings is 12. The largest absolute Gasteiger partial charge is 0.310 e. The fourth-order valence-corrected chi connectivity index (χ4v) is 13.1. The predicted molar refractivity (Wildman–Crippen MR) is 356 cm³/mol. The summed E-state index contributed by atoms with van der Waals surface area (Å²) in [5.74, 6) is 0. The highest BCUT2D eigenvalue weighted by molar-refractivity contribution is 7.00. The fourth-order valence-electron chi connectivity index (χ4n) is 13.1. The molecule has 0 fully saturated rings. The number of para-hydroxylation sites is 2.